The fourth-order valence-corrected chi connectivity index (χ4v) is 1.86. The summed E-state index contributed by atoms with van der Waals surface area (Å²) in [5.41, 5.74) is 0.554. The molecule has 0 radical (unpaired) electrons. The smallest absolute Gasteiger partial charge is 0.254 e. The second kappa shape index (κ2) is 6.78. The van der Waals surface area contributed by atoms with E-state index < -0.39 is 11.7 Å². The summed E-state index contributed by atoms with van der Waals surface area (Å²) in [5, 5.41) is 2.58. The summed E-state index contributed by atoms with van der Waals surface area (Å²) in [6.45, 7) is 2.43. The zero-order chi connectivity index (χ0) is 15.2. The zero-order valence-corrected chi connectivity index (χ0v) is 11.7. The predicted molar refractivity (Wildman–Crippen MR) is 76.6 cm³/mol. The summed E-state index contributed by atoms with van der Waals surface area (Å²) < 4.78 is 14.8. The van der Waals surface area contributed by atoms with Crippen molar-refractivity contribution in [1.29, 1.82) is 0 Å². The molecule has 110 valence electrons. The van der Waals surface area contributed by atoms with Gasteiger partial charge in [0.05, 0.1) is 11.9 Å². The van der Waals surface area contributed by atoms with E-state index in [1.807, 2.05) is 6.92 Å². The molecule has 1 amide bonds. The number of carbonyl (C=O) groups excluding carboxylic acids is 1. The largest absolute Gasteiger partial charge is 0.350 e. The number of halogens is 1. The standard InChI is InChI=1S/C15H16FN3O2/c1-2-11-9-14(20)19(10-18-11)8-7-17-15(21)12-5-3-4-6-13(12)16/h3-6,9-10H,2,7-8H2,1H3,(H,17,21). The van der Waals surface area contributed by atoms with Crippen LogP contribution in [-0.4, -0.2) is 22.0 Å². The molecule has 21 heavy (non-hydrogen) atoms. The molecule has 0 fully saturated rings. The Morgan fingerprint density at radius 1 is 1.38 bits per heavy atom. The molecule has 0 bridgehead atoms. The molecule has 0 saturated carbocycles. The number of hydrogen-bond acceptors (Lipinski definition) is 3. The summed E-state index contributed by atoms with van der Waals surface area (Å²) >= 11 is 0. The van der Waals surface area contributed by atoms with E-state index in [1.54, 1.807) is 6.07 Å². The number of carbonyl (C=O) groups is 1. The number of amides is 1. The minimum atomic E-state index is -0.568. The molecule has 2 rings (SSSR count). The van der Waals surface area contributed by atoms with Gasteiger partial charge in [-0.1, -0.05) is 19.1 Å². The molecule has 0 unspecified atom stereocenters. The number of nitrogens with one attached hydrogen (secondary N) is 1. The Labute approximate surface area is 121 Å². The highest BCUT2D eigenvalue weighted by Gasteiger charge is 2.09. The molecule has 0 aliphatic carbocycles. The first-order valence-electron chi connectivity index (χ1n) is 6.70. The van der Waals surface area contributed by atoms with Crippen LogP contribution >= 0.6 is 0 Å². The fraction of sp³-hybridized carbons (Fsp3) is 0.267. The number of benzene rings is 1. The Balaban J connectivity index is 1.94. The molecule has 0 spiro atoms. The van der Waals surface area contributed by atoms with Crippen molar-refractivity contribution in [1.82, 2.24) is 14.9 Å². The van der Waals surface area contributed by atoms with Gasteiger partial charge in [-0.05, 0) is 18.6 Å². The molecule has 1 heterocycles. The molecule has 0 aliphatic rings. The van der Waals surface area contributed by atoms with Crippen LogP contribution in [0.4, 0.5) is 4.39 Å². The summed E-state index contributed by atoms with van der Waals surface area (Å²) in [5.74, 6) is -1.07. The van der Waals surface area contributed by atoms with E-state index in [9.17, 15) is 14.0 Å². The third-order valence-corrected chi connectivity index (χ3v) is 3.06. The average molecular weight is 289 g/mol. The lowest BCUT2D eigenvalue weighted by molar-refractivity contribution is 0.0948. The van der Waals surface area contributed by atoms with Crippen LogP contribution in [0.15, 0.2) is 41.5 Å². The van der Waals surface area contributed by atoms with Crippen molar-refractivity contribution in [2.75, 3.05) is 6.54 Å². The molecule has 1 aromatic heterocycles. The maximum atomic E-state index is 13.4. The first-order valence-corrected chi connectivity index (χ1v) is 6.70. The number of rotatable bonds is 5. The predicted octanol–water partition coefficient (Wildman–Crippen LogP) is 1.37. The van der Waals surface area contributed by atoms with E-state index in [1.165, 1.54) is 35.2 Å². The van der Waals surface area contributed by atoms with Crippen LogP contribution in [0.1, 0.15) is 23.0 Å². The van der Waals surface area contributed by atoms with Gasteiger partial charge >= 0.3 is 0 Å². The van der Waals surface area contributed by atoms with Gasteiger partial charge in [-0.25, -0.2) is 9.37 Å². The highest BCUT2D eigenvalue weighted by Crippen LogP contribution is 2.05. The van der Waals surface area contributed by atoms with E-state index in [0.29, 0.717) is 6.42 Å². The minimum Gasteiger partial charge on any atom is -0.350 e. The quantitative estimate of drug-likeness (QED) is 0.904. The summed E-state index contributed by atoms with van der Waals surface area (Å²) in [4.78, 5) is 27.7. The number of aryl methyl sites for hydroxylation is 1. The lowest BCUT2D eigenvalue weighted by atomic mass is 10.2. The Morgan fingerprint density at radius 2 is 2.14 bits per heavy atom. The van der Waals surface area contributed by atoms with E-state index in [0.717, 1.165) is 5.69 Å². The van der Waals surface area contributed by atoms with Crippen molar-refractivity contribution in [2.45, 2.75) is 19.9 Å². The maximum absolute atomic E-state index is 13.4. The van der Waals surface area contributed by atoms with Crippen molar-refractivity contribution in [3.05, 3.63) is 64.1 Å². The molecule has 0 saturated heterocycles. The Morgan fingerprint density at radius 3 is 2.81 bits per heavy atom. The first kappa shape index (κ1) is 14.9. The third kappa shape index (κ3) is 3.75. The van der Waals surface area contributed by atoms with Crippen molar-refractivity contribution >= 4 is 5.91 Å². The summed E-state index contributed by atoms with van der Waals surface area (Å²) in [6.07, 6.45) is 2.15. The lowest BCUT2D eigenvalue weighted by Gasteiger charge is -2.08. The summed E-state index contributed by atoms with van der Waals surface area (Å²) in [7, 11) is 0. The van der Waals surface area contributed by atoms with Gasteiger partial charge in [0.2, 0.25) is 0 Å². The van der Waals surface area contributed by atoms with E-state index in [-0.39, 0.29) is 24.2 Å². The molecule has 1 N–H and O–H groups in total. The normalized spacial score (nSPS) is 10.4. The van der Waals surface area contributed by atoms with Gasteiger partial charge in [-0.2, -0.15) is 0 Å². The van der Waals surface area contributed by atoms with Crippen LogP contribution in [0.5, 0.6) is 0 Å². The van der Waals surface area contributed by atoms with Crippen LogP contribution in [0.3, 0.4) is 0 Å². The SMILES string of the molecule is CCc1cc(=O)n(CCNC(=O)c2ccccc2F)cn1. The highest BCUT2D eigenvalue weighted by atomic mass is 19.1. The van der Waals surface area contributed by atoms with Crippen molar-refractivity contribution in [3.63, 3.8) is 0 Å². The highest BCUT2D eigenvalue weighted by molar-refractivity contribution is 5.94. The number of nitrogens with zero attached hydrogens (tertiary/aromatic N) is 2. The van der Waals surface area contributed by atoms with Crippen LogP contribution in [-0.2, 0) is 13.0 Å². The number of aromatic nitrogens is 2. The molecule has 1 aromatic carbocycles. The molecule has 6 heteroatoms. The monoisotopic (exact) mass is 289 g/mol. The Hall–Kier alpha value is -2.50. The van der Waals surface area contributed by atoms with Crippen LogP contribution in [0, 0.1) is 5.82 Å². The zero-order valence-electron chi connectivity index (χ0n) is 11.7. The van der Waals surface area contributed by atoms with Gasteiger partial charge in [0, 0.05) is 24.8 Å². The average Bonchev–Trinajstić information content (AvgIpc) is 2.49. The van der Waals surface area contributed by atoms with Crippen molar-refractivity contribution in [3.8, 4) is 0 Å². The number of hydrogen-bond donors (Lipinski definition) is 1. The van der Waals surface area contributed by atoms with Crippen LogP contribution in [0.2, 0.25) is 0 Å². The molecular weight excluding hydrogens is 273 g/mol. The van der Waals surface area contributed by atoms with Gasteiger partial charge in [-0.15, -0.1) is 0 Å². The molecule has 0 aliphatic heterocycles. The Bertz CT molecular complexity index is 697. The van der Waals surface area contributed by atoms with Gasteiger partial charge in [0.1, 0.15) is 5.82 Å². The van der Waals surface area contributed by atoms with Gasteiger partial charge < -0.3 is 5.32 Å². The van der Waals surface area contributed by atoms with E-state index in [4.69, 9.17) is 0 Å². The minimum absolute atomic E-state index is 0.00990. The summed E-state index contributed by atoms with van der Waals surface area (Å²) in [6, 6.07) is 7.22. The van der Waals surface area contributed by atoms with E-state index in [2.05, 4.69) is 10.3 Å². The van der Waals surface area contributed by atoms with E-state index >= 15 is 0 Å². The van der Waals surface area contributed by atoms with Crippen molar-refractivity contribution < 1.29 is 9.18 Å². The second-order valence-corrected chi connectivity index (χ2v) is 4.50. The van der Waals surface area contributed by atoms with Crippen LogP contribution in [0.25, 0.3) is 0 Å². The van der Waals surface area contributed by atoms with Gasteiger partial charge in [0.25, 0.3) is 11.5 Å². The van der Waals surface area contributed by atoms with Gasteiger partial charge in [0.15, 0.2) is 0 Å². The van der Waals surface area contributed by atoms with Gasteiger partial charge in [-0.3, -0.25) is 14.2 Å². The maximum Gasteiger partial charge on any atom is 0.254 e. The Kier molecular flexibility index (Phi) is 4.81. The van der Waals surface area contributed by atoms with Crippen molar-refractivity contribution in [2.24, 2.45) is 0 Å². The third-order valence-electron chi connectivity index (χ3n) is 3.06. The molecule has 0 atom stereocenters. The molecular formula is C15H16FN3O2. The molecule has 2 aromatic rings. The first-order chi connectivity index (χ1) is 10.1. The topological polar surface area (TPSA) is 64.0 Å². The lowest BCUT2D eigenvalue weighted by Crippen LogP contribution is -2.31. The molecule has 5 nitrogen and oxygen atoms in total. The fourth-order valence-electron chi connectivity index (χ4n) is 1.86. The second-order valence-electron chi connectivity index (χ2n) is 4.50. The van der Waals surface area contributed by atoms with Crippen LogP contribution < -0.4 is 10.9 Å².